The zero-order valence-corrected chi connectivity index (χ0v) is 20.1. The second-order valence-corrected chi connectivity index (χ2v) is 9.93. The molecule has 0 saturated heterocycles. The van der Waals surface area contributed by atoms with E-state index < -0.39 is 0 Å². The molecular weight excluding hydrogens is 419 g/mol. The fraction of sp³-hybridized carbons (Fsp3) is 0.462. The number of aliphatic hydroxyl groups excluding tert-OH is 1. The van der Waals surface area contributed by atoms with E-state index in [0.29, 0.717) is 12.5 Å². The summed E-state index contributed by atoms with van der Waals surface area (Å²) in [6.45, 7) is 10.9. The largest absolute Gasteiger partial charge is 0.394 e. The van der Waals surface area contributed by atoms with Crippen LogP contribution >= 0.6 is 0 Å². The molecular formula is C26H35FN4O2. The lowest BCUT2D eigenvalue weighted by Gasteiger charge is -2.36. The van der Waals surface area contributed by atoms with Gasteiger partial charge in [-0.3, -0.25) is 0 Å². The van der Waals surface area contributed by atoms with E-state index in [0.717, 1.165) is 23.0 Å². The maximum atomic E-state index is 13.3. The maximum absolute atomic E-state index is 13.3. The number of rotatable bonds is 9. The number of urea groups is 1. The van der Waals surface area contributed by atoms with Crippen LogP contribution in [0.5, 0.6) is 0 Å². The number of amides is 2. The predicted octanol–water partition coefficient (Wildman–Crippen LogP) is 5.00. The molecule has 6 nitrogen and oxygen atoms in total. The van der Waals surface area contributed by atoms with Crippen LogP contribution in [-0.2, 0) is 0 Å². The molecule has 2 unspecified atom stereocenters. The average molecular weight is 455 g/mol. The van der Waals surface area contributed by atoms with Crippen molar-refractivity contribution in [1.82, 2.24) is 20.4 Å². The first-order valence-corrected chi connectivity index (χ1v) is 11.5. The van der Waals surface area contributed by atoms with Gasteiger partial charge in [0.25, 0.3) is 0 Å². The lowest BCUT2D eigenvalue weighted by molar-refractivity contribution is 0.206. The normalized spacial score (nSPS) is 13.8. The predicted molar refractivity (Wildman–Crippen MR) is 130 cm³/mol. The highest BCUT2D eigenvalue weighted by molar-refractivity contribution is 5.81. The molecule has 0 spiro atoms. The molecule has 3 aromatic rings. The van der Waals surface area contributed by atoms with Crippen LogP contribution in [0.1, 0.15) is 52.5 Å². The molecule has 7 heteroatoms. The minimum atomic E-state index is -0.292. The molecule has 0 aliphatic rings. The number of halogens is 1. The minimum Gasteiger partial charge on any atom is -0.394 e. The molecule has 0 saturated carbocycles. The van der Waals surface area contributed by atoms with E-state index in [1.165, 1.54) is 17.7 Å². The molecule has 1 heterocycles. The van der Waals surface area contributed by atoms with Gasteiger partial charge < -0.3 is 15.7 Å². The van der Waals surface area contributed by atoms with Crippen LogP contribution in [-0.4, -0.2) is 40.1 Å². The quantitative estimate of drug-likeness (QED) is 0.426. The average Bonchev–Trinajstić information content (AvgIpc) is 3.19. The molecule has 2 atom stereocenters. The Hall–Kier alpha value is -2.93. The van der Waals surface area contributed by atoms with Crippen molar-refractivity contribution in [3.05, 3.63) is 60.0 Å². The van der Waals surface area contributed by atoms with Gasteiger partial charge in [0.1, 0.15) is 5.82 Å². The number of aromatic nitrogens is 2. The van der Waals surface area contributed by atoms with Crippen molar-refractivity contribution in [3.63, 3.8) is 0 Å². The summed E-state index contributed by atoms with van der Waals surface area (Å²) in [6, 6.07) is 12.1. The minimum absolute atomic E-state index is 0.0988. The molecule has 0 aliphatic carbocycles. The molecule has 3 N–H and O–H groups in total. The first-order valence-electron chi connectivity index (χ1n) is 11.5. The maximum Gasteiger partial charge on any atom is 0.315 e. The van der Waals surface area contributed by atoms with Gasteiger partial charge in [-0.15, -0.1) is 0 Å². The highest BCUT2D eigenvalue weighted by Gasteiger charge is 2.32. The first kappa shape index (κ1) is 24.7. The van der Waals surface area contributed by atoms with Gasteiger partial charge in [0, 0.05) is 11.9 Å². The molecule has 178 valence electrons. The highest BCUT2D eigenvalue weighted by atomic mass is 19.1. The summed E-state index contributed by atoms with van der Waals surface area (Å²) >= 11 is 0. The van der Waals surface area contributed by atoms with Crippen molar-refractivity contribution in [3.8, 4) is 5.69 Å². The van der Waals surface area contributed by atoms with Crippen LogP contribution in [0.2, 0.25) is 0 Å². The standard InChI is InChI=1S/C26H35FN4O2/c1-17(2)12-23(26(4,5)16-28-25(33)30-18(3)15-32)19-6-11-24-20(13-19)14-29-31(24)22-9-7-21(27)8-10-22/h6-11,13-14,17-18,23,32H,12,15-16H2,1-5H3,(H2,28,30,33). The van der Waals surface area contributed by atoms with Crippen LogP contribution in [0, 0.1) is 17.2 Å². The zero-order chi connectivity index (χ0) is 24.2. The third kappa shape index (κ3) is 6.11. The molecule has 0 radical (unpaired) electrons. The molecule has 0 bridgehead atoms. The number of nitrogens with one attached hydrogen (secondary N) is 2. The first-order chi connectivity index (χ1) is 15.6. The molecule has 2 amide bonds. The van der Waals surface area contributed by atoms with Crippen LogP contribution in [0.4, 0.5) is 9.18 Å². The van der Waals surface area contributed by atoms with Gasteiger partial charge >= 0.3 is 6.03 Å². The van der Waals surface area contributed by atoms with Gasteiger partial charge in [-0.25, -0.2) is 13.9 Å². The molecule has 0 aliphatic heterocycles. The summed E-state index contributed by atoms with van der Waals surface area (Å²) in [5, 5.41) is 20.4. The fourth-order valence-corrected chi connectivity index (χ4v) is 4.19. The number of benzene rings is 2. The van der Waals surface area contributed by atoms with Crippen molar-refractivity contribution in [2.24, 2.45) is 11.3 Å². The van der Waals surface area contributed by atoms with E-state index in [-0.39, 0.29) is 35.8 Å². The molecule has 0 fully saturated rings. The summed E-state index contributed by atoms with van der Waals surface area (Å²) in [6.07, 6.45) is 2.81. The zero-order valence-electron chi connectivity index (χ0n) is 20.1. The van der Waals surface area contributed by atoms with E-state index in [1.807, 2.05) is 10.9 Å². The molecule has 2 aromatic carbocycles. The Morgan fingerprint density at radius 3 is 2.48 bits per heavy atom. The van der Waals surface area contributed by atoms with Gasteiger partial charge in [0.05, 0.1) is 30.0 Å². The summed E-state index contributed by atoms with van der Waals surface area (Å²) in [4.78, 5) is 12.2. The van der Waals surface area contributed by atoms with E-state index in [9.17, 15) is 9.18 Å². The van der Waals surface area contributed by atoms with Crippen molar-refractivity contribution in [2.75, 3.05) is 13.2 Å². The smallest absolute Gasteiger partial charge is 0.315 e. The Kier molecular flexibility index (Phi) is 7.74. The van der Waals surface area contributed by atoms with Crippen molar-refractivity contribution >= 4 is 16.9 Å². The fourth-order valence-electron chi connectivity index (χ4n) is 4.19. The highest BCUT2D eigenvalue weighted by Crippen LogP contribution is 2.40. The van der Waals surface area contributed by atoms with Gasteiger partial charge in [0.2, 0.25) is 0 Å². The van der Waals surface area contributed by atoms with Gasteiger partial charge in [-0.1, -0.05) is 33.8 Å². The number of fused-ring (bicyclic) bond motifs is 1. The van der Waals surface area contributed by atoms with Crippen LogP contribution < -0.4 is 10.6 Å². The van der Waals surface area contributed by atoms with E-state index in [4.69, 9.17) is 5.11 Å². The molecule has 33 heavy (non-hydrogen) atoms. The van der Waals surface area contributed by atoms with Crippen LogP contribution in [0.15, 0.2) is 48.7 Å². The van der Waals surface area contributed by atoms with Gasteiger partial charge in [-0.05, 0) is 72.6 Å². The van der Waals surface area contributed by atoms with Crippen LogP contribution in [0.25, 0.3) is 16.6 Å². The third-order valence-electron chi connectivity index (χ3n) is 6.07. The van der Waals surface area contributed by atoms with Crippen molar-refractivity contribution < 1.29 is 14.3 Å². The lowest BCUT2D eigenvalue weighted by Crippen LogP contribution is -2.46. The Balaban J connectivity index is 1.86. The van der Waals surface area contributed by atoms with Gasteiger partial charge in [-0.2, -0.15) is 5.10 Å². The van der Waals surface area contributed by atoms with Gasteiger partial charge in [0.15, 0.2) is 0 Å². The Morgan fingerprint density at radius 2 is 1.85 bits per heavy atom. The van der Waals surface area contributed by atoms with E-state index >= 15 is 0 Å². The topological polar surface area (TPSA) is 79.2 Å². The summed E-state index contributed by atoms with van der Waals surface area (Å²) in [7, 11) is 0. The van der Waals surface area contributed by atoms with Crippen molar-refractivity contribution in [1.29, 1.82) is 0 Å². The number of carbonyl (C=O) groups excluding carboxylic acids is 1. The van der Waals surface area contributed by atoms with Crippen LogP contribution in [0.3, 0.4) is 0 Å². The molecule has 1 aromatic heterocycles. The third-order valence-corrected chi connectivity index (χ3v) is 6.07. The van der Waals surface area contributed by atoms with E-state index in [1.54, 1.807) is 19.1 Å². The Labute approximate surface area is 195 Å². The lowest BCUT2D eigenvalue weighted by atomic mass is 9.71. The Bertz CT molecular complexity index is 1080. The number of hydrogen-bond acceptors (Lipinski definition) is 3. The van der Waals surface area contributed by atoms with E-state index in [2.05, 4.69) is 61.6 Å². The summed E-state index contributed by atoms with van der Waals surface area (Å²) in [5.41, 5.74) is 2.77. The number of hydrogen-bond donors (Lipinski definition) is 3. The molecule has 3 rings (SSSR count). The number of nitrogens with zero attached hydrogens (tertiary/aromatic N) is 2. The Morgan fingerprint density at radius 1 is 1.15 bits per heavy atom. The summed E-state index contributed by atoms with van der Waals surface area (Å²) < 4.78 is 15.1. The summed E-state index contributed by atoms with van der Waals surface area (Å²) in [5.74, 6) is 0.422. The second kappa shape index (κ2) is 10.3. The monoisotopic (exact) mass is 454 g/mol. The number of aliphatic hydroxyl groups is 1. The second-order valence-electron chi connectivity index (χ2n) is 9.93. The van der Waals surface area contributed by atoms with Crippen molar-refractivity contribution in [2.45, 2.75) is 53.0 Å². The SMILES string of the molecule is CC(C)CC(c1ccc2c(cnn2-c2ccc(F)cc2)c1)C(C)(C)CNC(=O)NC(C)CO. The number of carbonyl (C=O) groups is 1.